The Bertz CT molecular complexity index is 293. The Labute approximate surface area is 85.8 Å². The molecule has 1 aromatic rings. The molecule has 0 amide bonds. The largest absolute Gasteiger partial charge is 0.388 e. The normalized spacial score (nSPS) is 15.5. The maximum atomic E-state index is 10.1. The molecule has 1 heterocycles. The van der Waals surface area contributed by atoms with Crippen molar-refractivity contribution in [1.82, 2.24) is 9.78 Å². The maximum absolute atomic E-state index is 10.1. The summed E-state index contributed by atoms with van der Waals surface area (Å²) in [6.45, 7) is 6.21. The summed E-state index contributed by atoms with van der Waals surface area (Å²) in [4.78, 5) is 0. The van der Waals surface area contributed by atoms with Crippen LogP contribution >= 0.6 is 0 Å². The average Bonchev–Trinajstić information content (AvgIpc) is 2.47. The molecular weight excluding hydrogens is 176 g/mol. The predicted molar refractivity (Wildman–Crippen MR) is 57.0 cm³/mol. The molecule has 1 N–H and O–H groups in total. The minimum absolute atomic E-state index is 0.308. The third-order valence-electron chi connectivity index (χ3n) is 2.87. The van der Waals surface area contributed by atoms with E-state index in [0.717, 1.165) is 24.1 Å². The van der Waals surface area contributed by atoms with Gasteiger partial charge in [0.05, 0.1) is 12.3 Å². The van der Waals surface area contributed by atoms with Crippen molar-refractivity contribution >= 4 is 0 Å². The van der Waals surface area contributed by atoms with Crippen molar-refractivity contribution in [1.29, 1.82) is 0 Å². The van der Waals surface area contributed by atoms with Crippen molar-refractivity contribution in [3.8, 4) is 0 Å². The van der Waals surface area contributed by atoms with Crippen molar-refractivity contribution in [2.75, 3.05) is 0 Å². The number of hydrogen-bond donors (Lipinski definition) is 1. The third kappa shape index (κ3) is 2.15. The molecular formula is C11H20N2O. The highest BCUT2D eigenvalue weighted by molar-refractivity contribution is 5.19. The van der Waals surface area contributed by atoms with E-state index >= 15 is 0 Å². The van der Waals surface area contributed by atoms with E-state index in [9.17, 15) is 5.11 Å². The molecule has 1 aromatic heterocycles. The molecule has 0 fully saturated rings. The average molecular weight is 196 g/mol. The maximum Gasteiger partial charge on any atom is 0.0848 e. The van der Waals surface area contributed by atoms with Gasteiger partial charge in [-0.05, 0) is 19.3 Å². The SMILES string of the molecule is CCCC(C)C(O)c1cnn(C)c1C. The molecule has 2 unspecified atom stereocenters. The van der Waals surface area contributed by atoms with Crippen LogP contribution in [0.3, 0.4) is 0 Å². The van der Waals surface area contributed by atoms with E-state index in [1.807, 2.05) is 14.0 Å². The van der Waals surface area contributed by atoms with Crippen molar-refractivity contribution < 1.29 is 5.11 Å². The fourth-order valence-electron chi connectivity index (χ4n) is 1.73. The van der Waals surface area contributed by atoms with E-state index in [4.69, 9.17) is 0 Å². The minimum Gasteiger partial charge on any atom is -0.388 e. The van der Waals surface area contributed by atoms with Gasteiger partial charge >= 0.3 is 0 Å². The van der Waals surface area contributed by atoms with Crippen LogP contribution in [0.15, 0.2) is 6.20 Å². The zero-order chi connectivity index (χ0) is 10.7. The van der Waals surface area contributed by atoms with Crippen LogP contribution in [0.2, 0.25) is 0 Å². The standard InChI is InChI=1S/C11H20N2O/c1-5-6-8(2)11(14)10-7-12-13(4)9(10)3/h7-8,11,14H,5-6H2,1-4H3. The lowest BCUT2D eigenvalue weighted by atomic mass is 9.94. The molecule has 2 atom stereocenters. The molecule has 0 aromatic carbocycles. The first-order valence-corrected chi connectivity index (χ1v) is 5.24. The summed E-state index contributed by atoms with van der Waals surface area (Å²) in [7, 11) is 1.90. The smallest absolute Gasteiger partial charge is 0.0848 e. The number of hydrogen-bond acceptors (Lipinski definition) is 2. The molecule has 14 heavy (non-hydrogen) atoms. The van der Waals surface area contributed by atoms with Crippen LogP contribution in [0.25, 0.3) is 0 Å². The second-order valence-electron chi connectivity index (χ2n) is 4.02. The first kappa shape index (κ1) is 11.2. The van der Waals surface area contributed by atoms with Crippen LogP contribution < -0.4 is 0 Å². The fraction of sp³-hybridized carbons (Fsp3) is 0.727. The summed E-state index contributed by atoms with van der Waals surface area (Å²) in [5, 5.41) is 14.2. The molecule has 0 aliphatic carbocycles. The summed E-state index contributed by atoms with van der Waals surface area (Å²) in [5.74, 6) is 0.308. The monoisotopic (exact) mass is 196 g/mol. The first-order valence-electron chi connectivity index (χ1n) is 5.24. The van der Waals surface area contributed by atoms with Gasteiger partial charge in [0.1, 0.15) is 0 Å². The third-order valence-corrected chi connectivity index (χ3v) is 2.87. The summed E-state index contributed by atoms with van der Waals surface area (Å²) in [6, 6.07) is 0. The Balaban J connectivity index is 2.78. The van der Waals surface area contributed by atoms with Crippen LogP contribution in [0.1, 0.15) is 44.1 Å². The van der Waals surface area contributed by atoms with Crippen LogP contribution in [0, 0.1) is 12.8 Å². The van der Waals surface area contributed by atoms with Gasteiger partial charge in [-0.15, -0.1) is 0 Å². The number of aromatic nitrogens is 2. The molecule has 80 valence electrons. The van der Waals surface area contributed by atoms with Crippen molar-refractivity contribution in [2.24, 2.45) is 13.0 Å². The van der Waals surface area contributed by atoms with Crippen molar-refractivity contribution in [3.05, 3.63) is 17.5 Å². The Kier molecular flexibility index (Phi) is 3.69. The lowest BCUT2D eigenvalue weighted by molar-refractivity contribution is 0.111. The Morgan fingerprint density at radius 2 is 2.21 bits per heavy atom. The minimum atomic E-state index is -0.372. The molecule has 0 aliphatic rings. The lowest BCUT2D eigenvalue weighted by Gasteiger charge is -2.17. The van der Waals surface area contributed by atoms with Crippen LogP contribution in [-0.4, -0.2) is 14.9 Å². The van der Waals surface area contributed by atoms with Gasteiger partial charge in [-0.3, -0.25) is 4.68 Å². The van der Waals surface area contributed by atoms with Gasteiger partial charge in [-0.2, -0.15) is 5.10 Å². The van der Waals surface area contributed by atoms with Gasteiger partial charge in [0.2, 0.25) is 0 Å². The van der Waals surface area contributed by atoms with E-state index in [2.05, 4.69) is 18.9 Å². The van der Waals surface area contributed by atoms with Gasteiger partial charge in [0.25, 0.3) is 0 Å². The number of aliphatic hydroxyl groups excluding tert-OH is 1. The summed E-state index contributed by atoms with van der Waals surface area (Å²) < 4.78 is 1.80. The molecule has 1 rings (SSSR count). The predicted octanol–water partition coefficient (Wildman–Crippen LogP) is 2.20. The molecule has 0 saturated heterocycles. The van der Waals surface area contributed by atoms with Gasteiger partial charge in [0, 0.05) is 18.3 Å². The van der Waals surface area contributed by atoms with Crippen molar-refractivity contribution in [3.63, 3.8) is 0 Å². The Morgan fingerprint density at radius 3 is 2.64 bits per heavy atom. The summed E-state index contributed by atoms with van der Waals surface area (Å²) in [5.41, 5.74) is 2.02. The second-order valence-corrected chi connectivity index (χ2v) is 4.02. The molecule has 0 saturated carbocycles. The number of rotatable bonds is 4. The molecule has 0 bridgehead atoms. The Hall–Kier alpha value is -0.830. The number of nitrogens with zero attached hydrogens (tertiary/aromatic N) is 2. The van der Waals surface area contributed by atoms with Gasteiger partial charge in [-0.25, -0.2) is 0 Å². The van der Waals surface area contributed by atoms with Gasteiger partial charge in [-0.1, -0.05) is 20.3 Å². The van der Waals surface area contributed by atoms with E-state index in [0.29, 0.717) is 5.92 Å². The van der Waals surface area contributed by atoms with Gasteiger partial charge < -0.3 is 5.11 Å². The lowest BCUT2D eigenvalue weighted by Crippen LogP contribution is -2.10. The molecule has 0 radical (unpaired) electrons. The zero-order valence-corrected chi connectivity index (χ0v) is 9.49. The quantitative estimate of drug-likeness (QED) is 0.801. The van der Waals surface area contributed by atoms with Gasteiger partial charge in [0.15, 0.2) is 0 Å². The van der Waals surface area contributed by atoms with Crippen molar-refractivity contribution in [2.45, 2.75) is 39.7 Å². The van der Waals surface area contributed by atoms with E-state index < -0.39 is 0 Å². The van der Waals surface area contributed by atoms with Crippen LogP contribution in [0.4, 0.5) is 0 Å². The zero-order valence-electron chi connectivity index (χ0n) is 9.49. The Morgan fingerprint density at radius 1 is 1.57 bits per heavy atom. The summed E-state index contributed by atoms with van der Waals surface area (Å²) in [6.07, 6.45) is 3.56. The number of aliphatic hydroxyl groups is 1. The molecule has 0 spiro atoms. The van der Waals surface area contributed by atoms with E-state index in [1.54, 1.807) is 10.9 Å². The molecule has 3 nitrogen and oxygen atoms in total. The number of aryl methyl sites for hydroxylation is 1. The van der Waals surface area contributed by atoms with Crippen LogP contribution in [-0.2, 0) is 7.05 Å². The van der Waals surface area contributed by atoms with E-state index in [-0.39, 0.29) is 6.10 Å². The summed E-state index contributed by atoms with van der Waals surface area (Å²) >= 11 is 0. The van der Waals surface area contributed by atoms with Crippen LogP contribution in [0.5, 0.6) is 0 Å². The highest BCUT2D eigenvalue weighted by Gasteiger charge is 2.19. The highest BCUT2D eigenvalue weighted by atomic mass is 16.3. The topological polar surface area (TPSA) is 38.1 Å². The highest BCUT2D eigenvalue weighted by Crippen LogP contribution is 2.26. The molecule has 0 aliphatic heterocycles. The second kappa shape index (κ2) is 4.60. The fourth-order valence-corrected chi connectivity index (χ4v) is 1.73. The molecule has 3 heteroatoms. The van der Waals surface area contributed by atoms with E-state index in [1.165, 1.54) is 0 Å². The first-order chi connectivity index (χ1) is 6.57.